The van der Waals surface area contributed by atoms with Crippen LogP contribution in [0, 0.1) is 11.6 Å². The van der Waals surface area contributed by atoms with Gasteiger partial charge >= 0.3 is 0 Å². The normalized spacial score (nSPS) is 12.5. The van der Waals surface area contributed by atoms with Gasteiger partial charge in [0.15, 0.2) is 12.1 Å². The highest BCUT2D eigenvalue weighted by molar-refractivity contribution is 5.21. The van der Waals surface area contributed by atoms with Gasteiger partial charge in [-0.3, -0.25) is 0 Å². The molecule has 0 saturated carbocycles. The molecule has 0 amide bonds. The lowest BCUT2D eigenvalue weighted by molar-refractivity contribution is 0.123. The maximum absolute atomic E-state index is 13.7. The predicted molar refractivity (Wildman–Crippen MR) is 65.9 cm³/mol. The van der Waals surface area contributed by atoms with Gasteiger partial charge in [0.05, 0.1) is 0 Å². The fourth-order valence-corrected chi connectivity index (χ4v) is 1.89. The minimum absolute atomic E-state index is 0.0956. The SMILES string of the molecule is OC(c1ccc(F)cc1F)n1ncnc1Cn1cncn1. The van der Waals surface area contributed by atoms with Crippen molar-refractivity contribution in [3.63, 3.8) is 0 Å². The average molecular weight is 292 g/mol. The quantitative estimate of drug-likeness (QED) is 0.767. The first-order valence-corrected chi connectivity index (χ1v) is 5.99. The molecule has 108 valence electrons. The molecule has 1 unspecified atom stereocenters. The molecule has 3 rings (SSSR count). The number of hydrogen-bond donors (Lipinski definition) is 1. The highest BCUT2D eigenvalue weighted by Crippen LogP contribution is 2.20. The molecule has 0 bridgehead atoms. The number of aliphatic hydroxyl groups excluding tert-OH is 1. The van der Waals surface area contributed by atoms with E-state index >= 15 is 0 Å². The molecule has 21 heavy (non-hydrogen) atoms. The molecule has 2 heterocycles. The lowest BCUT2D eigenvalue weighted by Crippen LogP contribution is -2.18. The number of nitrogens with zero attached hydrogens (tertiary/aromatic N) is 6. The summed E-state index contributed by atoms with van der Waals surface area (Å²) < 4.78 is 29.2. The Balaban J connectivity index is 1.91. The largest absolute Gasteiger partial charge is 0.368 e. The molecule has 2 aromatic heterocycles. The molecule has 9 heteroatoms. The van der Waals surface area contributed by atoms with Gasteiger partial charge in [-0.05, 0) is 12.1 Å². The third-order valence-corrected chi connectivity index (χ3v) is 2.89. The molecule has 0 aliphatic carbocycles. The Morgan fingerprint density at radius 1 is 1.19 bits per heavy atom. The van der Waals surface area contributed by atoms with E-state index in [1.54, 1.807) is 0 Å². The first kappa shape index (κ1) is 13.3. The average Bonchev–Trinajstić information content (AvgIpc) is 3.10. The number of benzene rings is 1. The van der Waals surface area contributed by atoms with Gasteiger partial charge in [0.2, 0.25) is 0 Å². The molecule has 1 atom stereocenters. The molecular weight excluding hydrogens is 282 g/mol. The van der Waals surface area contributed by atoms with Crippen LogP contribution < -0.4 is 0 Å². The highest BCUT2D eigenvalue weighted by Gasteiger charge is 2.19. The molecular formula is C12H10F2N6O. The number of hydrogen-bond acceptors (Lipinski definition) is 5. The maximum Gasteiger partial charge on any atom is 0.178 e. The smallest absolute Gasteiger partial charge is 0.178 e. The van der Waals surface area contributed by atoms with Crippen molar-refractivity contribution in [3.8, 4) is 0 Å². The Kier molecular flexibility index (Phi) is 3.40. The van der Waals surface area contributed by atoms with Crippen LogP contribution in [0.25, 0.3) is 0 Å². The van der Waals surface area contributed by atoms with E-state index in [0.29, 0.717) is 11.9 Å². The third kappa shape index (κ3) is 2.63. The van der Waals surface area contributed by atoms with Gasteiger partial charge in [-0.25, -0.2) is 28.1 Å². The van der Waals surface area contributed by atoms with E-state index in [1.807, 2.05) is 0 Å². The molecule has 7 nitrogen and oxygen atoms in total. The molecule has 0 aliphatic heterocycles. The van der Waals surface area contributed by atoms with Crippen LogP contribution in [-0.4, -0.2) is 34.6 Å². The van der Waals surface area contributed by atoms with Crippen LogP contribution in [0.3, 0.4) is 0 Å². The van der Waals surface area contributed by atoms with E-state index in [2.05, 4.69) is 20.2 Å². The minimum atomic E-state index is -1.41. The van der Waals surface area contributed by atoms with Crippen molar-refractivity contribution in [2.75, 3.05) is 0 Å². The molecule has 0 saturated heterocycles. The van der Waals surface area contributed by atoms with E-state index in [0.717, 1.165) is 16.8 Å². The summed E-state index contributed by atoms with van der Waals surface area (Å²) in [6.45, 7) is 0.208. The molecule has 1 aromatic carbocycles. The van der Waals surface area contributed by atoms with E-state index < -0.39 is 17.9 Å². The van der Waals surface area contributed by atoms with Crippen LogP contribution in [0.15, 0.2) is 37.2 Å². The van der Waals surface area contributed by atoms with E-state index in [1.165, 1.54) is 23.7 Å². The summed E-state index contributed by atoms with van der Waals surface area (Å²) in [6.07, 6.45) is 2.66. The Bertz CT molecular complexity index is 742. The van der Waals surface area contributed by atoms with Gasteiger partial charge in [-0.1, -0.05) is 0 Å². The van der Waals surface area contributed by atoms with Gasteiger partial charge in [0.25, 0.3) is 0 Å². The zero-order chi connectivity index (χ0) is 14.8. The minimum Gasteiger partial charge on any atom is -0.368 e. The summed E-state index contributed by atoms with van der Waals surface area (Å²) in [5, 5.41) is 18.0. The van der Waals surface area contributed by atoms with Crippen LogP contribution in [0.5, 0.6) is 0 Å². The number of aromatic nitrogens is 6. The molecule has 0 aliphatic rings. The van der Waals surface area contributed by atoms with Crippen molar-refractivity contribution in [2.45, 2.75) is 12.8 Å². The Morgan fingerprint density at radius 3 is 2.76 bits per heavy atom. The molecule has 0 radical (unpaired) electrons. The predicted octanol–water partition coefficient (Wildman–Crippen LogP) is 0.735. The van der Waals surface area contributed by atoms with Crippen molar-refractivity contribution in [1.82, 2.24) is 29.5 Å². The highest BCUT2D eigenvalue weighted by atomic mass is 19.1. The van der Waals surface area contributed by atoms with Crippen molar-refractivity contribution in [1.29, 1.82) is 0 Å². The maximum atomic E-state index is 13.7. The Morgan fingerprint density at radius 2 is 2.05 bits per heavy atom. The van der Waals surface area contributed by atoms with Crippen LogP contribution in [0.2, 0.25) is 0 Å². The third-order valence-electron chi connectivity index (χ3n) is 2.89. The number of rotatable bonds is 4. The van der Waals surface area contributed by atoms with E-state index in [-0.39, 0.29) is 12.1 Å². The summed E-state index contributed by atoms with van der Waals surface area (Å²) in [6, 6.07) is 2.93. The fourth-order valence-electron chi connectivity index (χ4n) is 1.89. The summed E-state index contributed by atoms with van der Waals surface area (Å²) in [5.74, 6) is -1.22. The zero-order valence-electron chi connectivity index (χ0n) is 10.6. The summed E-state index contributed by atoms with van der Waals surface area (Å²) >= 11 is 0. The molecule has 0 spiro atoms. The van der Waals surface area contributed by atoms with Crippen molar-refractivity contribution >= 4 is 0 Å². The van der Waals surface area contributed by atoms with Crippen LogP contribution in [0.4, 0.5) is 8.78 Å². The van der Waals surface area contributed by atoms with Crippen LogP contribution in [-0.2, 0) is 6.54 Å². The summed E-state index contributed by atoms with van der Waals surface area (Å²) in [7, 11) is 0. The molecule has 0 fully saturated rings. The topological polar surface area (TPSA) is 81.6 Å². The second-order valence-corrected chi connectivity index (χ2v) is 4.25. The Hall–Kier alpha value is -2.68. The number of aliphatic hydroxyl groups is 1. The monoisotopic (exact) mass is 292 g/mol. The summed E-state index contributed by atoms with van der Waals surface area (Å²) in [5.41, 5.74) is -0.0956. The van der Waals surface area contributed by atoms with Crippen molar-refractivity contribution < 1.29 is 13.9 Å². The molecule has 1 N–H and O–H groups in total. The van der Waals surface area contributed by atoms with Crippen LogP contribution >= 0.6 is 0 Å². The van der Waals surface area contributed by atoms with E-state index in [4.69, 9.17) is 0 Å². The van der Waals surface area contributed by atoms with Crippen molar-refractivity contribution in [3.05, 3.63) is 60.2 Å². The first-order chi connectivity index (χ1) is 10.1. The second kappa shape index (κ2) is 5.37. The fraction of sp³-hybridized carbons (Fsp3) is 0.167. The first-order valence-electron chi connectivity index (χ1n) is 5.99. The zero-order valence-corrected chi connectivity index (χ0v) is 10.6. The lowest BCUT2D eigenvalue weighted by atomic mass is 10.2. The summed E-state index contributed by atoms with van der Waals surface area (Å²) in [4.78, 5) is 7.78. The standard InChI is InChI=1S/C12H10F2N6O/c13-8-1-2-9(10(14)3-8)12(21)20-11(16-6-18-20)4-19-7-15-5-17-19/h1-3,5-7,12,21H,4H2. The lowest BCUT2D eigenvalue weighted by Gasteiger charge is -2.14. The van der Waals surface area contributed by atoms with Gasteiger partial charge in [0.1, 0.15) is 37.2 Å². The van der Waals surface area contributed by atoms with Gasteiger partial charge in [0, 0.05) is 11.6 Å². The van der Waals surface area contributed by atoms with Crippen LogP contribution in [0.1, 0.15) is 17.6 Å². The molecule has 3 aromatic rings. The van der Waals surface area contributed by atoms with Crippen molar-refractivity contribution in [2.24, 2.45) is 0 Å². The Labute approximate surface area is 117 Å². The van der Waals surface area contributed by atoms with Gasteiger partial charge < -0.3 is 5.11 Å². The van der Waals surface area contributed by atoms with E-state index in [9.17, 15) is 13.9 Å². The van der Waals surface area contributed by atoms with Gasteiger partial charge in [-0.2, -0.15) is 10.2 Å². The van der Waals surface area contributed by atoms with Gasteiger partial charge in [-0.15, -0.1) is 0 Å². The second-order valence-electron chi connectivity index (χ2n) is 4.25. The number of halogens is 2.